The van der Waals surface area contributed by atoms with Crippen LogP contribution in [0, 0.1) is 17.2 Å². The normalized spacial score (nSPS) is 18.9. The summed E-state index contributed by atoms with van der Waals surface area (Å²) >= 11 is 3.65. The predicted octanol–water partition coefficient (Wildman–Crippen LogP) is 6.23. The zero-order valence-electron chi connectivity index (χ0n) is 21.8. The lowest BCUT2D eigenvalue weighted by Gasteiger charge is -2.38. The smallest absolute Gasteiger partial charge is 0.420 e. The molecule has 0 saturated carbocycles. The molecule has 1 aliphatic heterocycles. The number of pyridine rings is 1. The zero-order chi connectivity index (χ0) is 26.6. The van der Waals surface area contributed by atoms with Crippen molar-refractivity contribution < 1.29 is 19.1 Å². The number of carbonyl (C=O) groups excluding carboxylic acids is 2. The van der Waals surface area contributed by atoms with E-state index in [0.29, 0.717) is 29.7 Å². The summed E-state index contributed by atoms with van der Waals surface area (Å²) in [6.07, 6.45) is 5.01. The molecule has 4 rings (SSSR count). The number of rotatable bonds is 1. The van der Waals surface area contributed by atoms with E-state index >= 15 is 0 Å². The molecule has 0 spiro atoms. The number of halogens is 1. The van der Waals surface area contributed by atoms with Crippen molar-refractivity contribution in [2.45, 2.75) is 72.1 Å². The van der Waals surface area contributed by atoms with Crippen LogP contribution in [0.3, 0.4) is 0 Å². The summed E-state index contributed by atoms with van der Waals surface area (Å²) in [5.74, 6) is 0.257. The zero-order valence-corrected chi connectivity index (χ0v) is 23.3. The summed E-state index contributed by atoms with van der Waals surface area (Å²) in [7, 11) is 0. The van der Waals surface area contributed by atoms with Gasteiger partial charge >= 0.3 is 12.2 Å². The Labute approximate surface area is 219 Å². The van der Waals surface area contributed by atoms with Crippen LogP contribution in [0.5, 0.6) is 0 Å². The Balaban J connectivity index is 1.85. The number of ether oxygens (including phenoxy) is 2. The Morgan fingerprint density at radius 1 is 1.11 bits per heavy atom. The Morgan fingerprint density at radius 2 is 1.75 bits per heavy atom. The van der Waals surface area contributed by atoms with Crippen LogP contribution in [-0.2, 0) is 9.47 Å². The van der Waals surface area contributed by atoms with Crippen molar-refractivity contribution in [1.29, 1.82) is 5.26 Å². The molecular weight excluding hydrogens is 526 g/mol. The fourth-order valence-electron chi connectivity index (χ4n) is 4.58. The molecule has 10 heteroatoms. The topological polar surface area (TPSA) is 102 Å². The Bertz CT molecular complexity index is 1390. The van der Waals surface area contributed by atoms with Crippen molar-refractivity contribution >= 4 is 50.1 Å². The number of likely N-dealkylation sites (tertiary alicyclic amines) is 1. The first-order chi connectivity index (χ1) is 16.7. The largest absolute Gasteiger partial charge is 0.444 e. The first-order valence-corrected chi connectivity index (χ1v) is 12.8. The van der Waals surface area contributed by atoms with Crippen molar-refractivity contribution in [3.05, 3.63) is 28.6 Å². The fourth-order valence-corrected chi connectivity index (χ4v) is 5.09. The third-order valence-corrected chi connectivity index (χ3v) is 6.83. The molecule has 4 heterocycles. The summed E-state index contributed by atoms with van der Waals surface area (Å²) in [5.41, 5.74) is 0.189. The van der Waals surface area contributed by atoms with Crippen LogP contribution in [0.25, 0.3) is 21.9 Å². The average Bonchev–Trinajstić information content (AvgIpc) is 3.29. The molecule has 0 N–H and O–H groups in total. The van der Waals surface area contributed by atoms with Crippen molar-refractivity contribution in [3.63, 3.8) is 0 Å². The molecule has 1 saturated heterocycles. The molecule has 0 aromatic carbocycles. The lowest BCUT2D eigenvalue weighted by molar-refractivity contribution is 0.0127. The van der Waals surface area contributed by atoms with Crippen LogP contribution in [0.2, 0.25) is 0 Å². The molecule has 1 amide bonds. The molecule has 36 heavy (non-hydrogen) atoms. The molecule has 9 nitrogen and oxygen atoms in total. The highest BCUT2D eigenvalue weighted by Crippen LogP contribution is 2.39. The molecule has 0 radical (unpaired) electrons. The third kappa shape index (κ3) is 4.94. The van der Waals surface area contributed by atoms with Gasteiger partial charge in [-0.3, -0.25) is 0 Å². The second-order valence-electron chi connectivity index (χ2n) is 11.4. The van der Waals surface area contributed by atoms with Crippen LogP contribution in [0.15, 0.2) is 23.1 Å². The van der Waals surface area contributed by atoms with Gasteiger partial charge in [-0.1, -0.05) is 6.92 Å². The number of nitriles is 1. The van der Waals surface area contributed by atoms with E-state index in [1.54, 1.807) is 31.9 Å². The van der Waals surface area contributed by atoms with E-state index in [-0.39, 0.29) is 18.1 Å². The molecule has 0 aliphatic carbocycles. The van der Waals surface area contributed by atoms with E-state index in [4.69, 9.17) is 9.47 Å². The van der Waals surface area contributed by atoms with Crippen molar-refractivity contribution in [3.8, 4) is 6.07 Å². The summed E-state index contributed by atoms with van der Waals surface area (Å²) in [5, 5.41) is 11.4. The number of hydrogen-bond donors (Lipinski definition) is 0. The van der Waals surface area contributed by atoms with E-state index in [1.165, 1.54) is 10.8 Å². The first kappa shape index (κ1) is 26.0. The van der Waals surface area contributed by atoms with Crippen LogP contribution in [0.4, 0.5) is 9.59 Å². The van der Waals surface area contributed by atoms with Crippen LogP contribution in [0.1, 0.15) is 66.5 Å². The van der Waals surface area contributed by atoms with E-state index in [2.05, 4.69) is 38.5 Å². The molecule has 1 fully saturated rings. The van der Waals surface area contributed by atoms with Gasteiger partial charge in [0, 0.05) is 41.5 Å². The van der Waals surface area contributed by atoms with Gasteiger partial charge in [0.05, 0.1) is 22.5 Å². The third-order valence-electron chi connectivity index (χ3n) is 6.19. The van der Waals surface area contributed by atoms with Gasteiger partial charge in [-0.15, -0.1) is 0 Å². The molecule has 3 aromatic rings. The minimum atomic E-state index is -0.698. The van der Waals surface area contributed by atoms with Crippen LogP contribution in [-0.4, -0.2) is 55.5 Å². The molecule has 0 bridgehead atoms. The van der Waals surface area contributed by atoms with E-state index < -0.39 is 17.3 Å². The number of hydrogen-bond acceptors (Lipinski definition) is 6. The van der Waals surface area contributed by atoms with Crippen molar-refractivity contribution in [2.24, 2.45) is 5.92 Å². The van der Waals surface area contributed by atoms with E-state index in [0.717, 1.165) is 21.8 Å². The first-order valence-electron chi connectivity index (χ1n) is 12.0. The van der Waals surface area contributed by atoms with Gasteiger partial charge in [0.15, 0.2) is 5.65 Å². The highest BCUT2D eigenvalue weighted by Gasteiger charge is 2.34. The summed E-state index contributed by atoms with van der Waals surface area (Å²) < 4.78 is 15.4. The Hall–Kier alpha value is -3.06. The van der Waals surface area contributed by atoms with Crippen molar-refractivity contribution in [1.82, 2.24) is 19.0 Å². The van der Waals surface area contributed by atoms with Crippen molar-refractivity contribution in [2.75, 3.05) is 13.1 Å². The predicted molar refractivity (Wildman–Crippen MR) is 140 cm³/mol. The highest BCUT2D eigenvalue weighted by atomic mass is 79.9. The summed E-state index contributed by atoms with van der Waals surface area (Å²) in [4.78, 5) is 32.1. The number of nitrogens with zero attached hydrogens (tertiary/aromatic N) is 5. The highest BCUT2D eigenvalue weighted by molar-refractivity contribution is 9.10. The lowest BCUT2D eigenvalue weighted by Crippen LogP contribution is -2.45. The molecule has 0 unspecified atom stereocenters. The number of amides is 1. The Kier molecular flexibility index (Phi) is 6.58. The van der Waals surface area contributed by atoms with Gasteiger partial charge in [0.25, 0.3) is 0 Å². The van der Waals surface area contributed by atoms with Gasteiger partial charge in [-0.05, 0) is 69.8 Å². The summed E-state index contributed by atoms with van der Waals surface area (Å²) in [6, 6.07) is 2.15. The Morgan fingerprint density at radius 3 is 2.36 bits per heavy atom. The maximum atomic E-state index is 12.9. The van der Waals surface area contributed by atoms with E-state index in [9.17, 15) is 14.9 Å². The minimum Gasteiger partial charge on any atom is -0.444 e. The quantitative estimate of drug-likeness (QED) is 0.351. The van der Waals surface area contributed by atoms with E-state index in [1.807, 2.05) is 27.0 Å². The molecule has 3 aromatic heterocycles. The van der Waals surface area contributed by atoms with Crippen LogP contribution < -0.4 is 0 Å². The number of carbonyl (C=O) groups is 2. The number of aromatic nitrogens is 3. The molecule has 2 atom stereocenters. The average molecular weight is 558 g/mol. The lowest BCUT2D eigenvalue weighted by atomic mass is 9.93. The van der Waals surface area contributed by atoms with Gasteiger partial charge in [0.2, 0.25) is 0 Å². The maximum absolute atomic E-state index is 12.9. The van der Waals surface area contributed by atoms with Crippen LogP contribution >= 0.6 is 15.9 Å². The van der Waals surface area contributed by atoms with Gasteiger partial charge in [-0.2, -0.15) is 5.26 Å². The number of piperidine rings is 1. The summed E-state index contributed by atoms with van der Waals surface area (Å²) in [6.45, 7) is 14.2. The fraction of sp³-hybridized carbons (Fsp3) is 0.538. The molecule has 192 valence electrons. The second kappa shape index (κ2) is 9.11. The minimum absolute atomic E-state index is 0.0675. The van der Waals surface area contributed by atoms with Gasteiger partial charge in [0.1, 0.15) is 17.3 Å². The SMILES string of the molecule is C[C@@H]1CCN(C(=O)OC(C)(C)C)C[C@@H]1n1cc(Br)c2cnc3c(c(C#N)cn3C(=O)OC(C)(C)C)c21. The van der Waals surface area contributed by atoms with Gasteiger partial charge < -0.3 is 18.9 Å². The molecular formula is C26H32BrN5O4. The standard InChI is InChI=1S/C26H32BrN5O4/c1-15-8-9-30(23(33)35-25(2,3)4)14-19(15)31-13-18(27)17-11-29-22-20(21(17)31)16(10-28)12-32(22)24(34)36-26(5,6)7/h11-13,15,19H,8-9,14H2,1-7H3/t15-,19+/m1/s1. The van der Waals surface area contributed by atoms with Gasteiger partial charge in [-0.25, -0.2) is 19.1 Å². The number of fused-ring (bicyclic) bond motifs is 3. The monoisotopic (exact) mass is 557 g/mol. The maximum Gasteiger partial charge on any atom is 0.420 e. The molecule has 1 aliphatic rings. The second-order valence-corrected chi connectivity index (χ2v) is 12.2.